The normalized spacial score (nSPS) is 13.0. The lowest BCUT2D eigenvalue weighted by Crippen LogP contribution is -2.12. The predicted octanol–water partition coefficient (Wildman–Crippen LogP) is 2.12. The fourth-order valence-electron chi connectivity index (χ4n) is 2.50. The van der Waals surface area contributed by atoms with E-state index in [-0.39, 0.29) is 18.2 Å². The lowest BCUT2D eigenvalue weighted by atomic mass is 10.1. The summed E-state index contributed by atoms with van der Waals surface area (Å²) in [7, 11) is 1.76. The zero-order chi connectivity index (χ0) is 15.0. The molecule has 1 aliphatic heterocycles. The molecule has 1 aromatic carbocycles. The Kier molecular flexibility index (Phi) is 3.25. The molecule has 21 heavy (non-hydrogen) atoms. The van der Waals surface area contributed by atoms with Crippen LogP contribution in [0.15, 0.2) is 30.3 Å². The summed E-state index contributed by atoms with van der Waals surface area (Å²) in [5.74, 6) is 0.597. The van der Waals surface area contributed by atoms with Crippen LogP contribution in [0.5, 0.6) is 11.5 Å². The van der Waals surface area contributed by atoms with Crippen molar-refractivity contribution in [2.45, 2.75) is 13.3 Å². The topological polar surface area (TPSA) is 57.5 Å². The zero-order valence-corrected chi connectivity index (χ0v) is 11.9. The Morgan fingerprint density at radius 2 is 2.14 bits per heavy atom. The van der Waals surface area contributed by atoms with Crippen molar-refractivity contribution < 1.29 is 19.1 Å². The van der Waals surface area contributed by atoms with Crippen LogP contribution in [0.3, 0.4) is 0 Å². The number of benzene rings is 1. The van der Waals surface area contributed by atoms with Crippen molar-refractivity contribution in [2.24, 2.45) is 7.05 Å². The average molecular weight is 285 g/mol. The molecule has 2 heterocycles. The highest BCUT2D eigenvalue weighted by Gasteiger charge is 2.29. The summed E-state index contributed by atoms with van der Waals surface area (Å²) in [6.45, 7) is 2.36. The van der Waals surface area contributed by atoms with Gasteiger partial charge < -0.3 is 14.0 Å². The molecule has 5 heteroatoms. The number of para-hydroxylation sites is 1. The van der Waals surface area contributed by atoms with Gasteiger partial charge in [-0.05, 0) is 19.1 Å². The molecule has 0 saturated heterocycles. The van der Waals surface area contributed by atoms with Crippen molar-refractivity contribution in [3.8, 4) is 11.5 Å². The van der Waals surface area contributed by atoms with Crippen LogP contribution in [0.2, 0.25) is 0 Å². The first-order valence-electron chi connectivity index (χ1n) is 6.77. The number of hydrogen-bond donors (Lipinski definition) is 0. The number of ketones is 1. The van der Waals surface area contributed by atoms with Gasteiger partial charge >= 0.3 is 5.97 Å². The van der Waals surface area contributed by atoms with E-state index in [9.17, 15) is 9.59 Å². The van der Waals surface area contributed by atoms with Gasteiger partial charge in [-0.25, -0.2) is 0 Å². The van der Waals surface area contributed by atoms with Crippen LogP contribution in [0.25, 0.3) is 0 Å². The Hall–Kier alpha value is -2.56. The van der Waals surface area contributed by atoms with Crippen molar-refractivity contribution in [1.82, 2.24) is 4.57 Å². The maximum Gasteiger partial charge on any atom is 0.317 e. The third-order valence-corrected chi connectivity index (χ3v) is 3.52. The fourth-order valence-corrected chi connectivity index (χ4v) is 2.50. The average Bonchev–Trinajstić information content (AvgIpc) is 2.97. The molecule has 0 spiro atoms. The number of nitrogens with zero attached hydrogens (tertiary/aromatic N) is 1. The summed E-state index contributed by atoms with van der Waals surface area (Å²) in [6.07, 6.45) is 0.201. The first-order valence-corrected chi connectivity index (χ1v) is 6.77. The summed E-state index contributed by atoms with van der Waals surface area (Å²) < 4.78 is 12.3. The highest BCUT2D eigenvalue weighted by Crippen LogP contribution is 2.31. The standard InChI is InChI=1S/C16H15NO4/c1-3-20-13-7-5-4-6-10(13)16(19)12-8-14-11(17(12)2)9-15(18)21-14/h4-8H,3,9H2,1-2H3. The van der Waals surface area contributed by atoms with Gasteiger partial charge in [0.2, 0.25) is 5.78 Å². The molecule has 2 aromatic rings. The van der Waals surface area contributed by atoms with E-state index >= 15 is 0 Å². The summed E-state index contributed by atoms with van der Waals surface area (Å²) in [6, 6.07) is 8.75. The molecule has 1 aliphatic rings. The third-order valence-electron chi connectivity index (χ3n) is 3.52. The Morgan fingerprint density at radius 3 is 2.86 bits per heavy atom. The Bertz CT molecular complexity index is 730. The quantitative estimate of drug-likeness (QED) is 0.638. The van der Waals surface area contributed by atoms with Gasteiger partial charge in [0, 0.05) is 13.1 Å². The minimum Gasteiger partial charge on any atom is -0.493 e. The van der Waals surface area contributed by atoms with Gasteiger partial charge in [-0.1, -0.05) is 12.1 Å². The van der Waals surface area contributed by atoms with E-state index < -0.39 is 0 Å². The molecule has 0 radical (unpaired) electrons. The number of carbonyl (C=O) groups excluding carboxylic acids is 2. The van der Waals surface area contributed by atoms with Gasteiger partial charge in [-0.3, -0.25) is 9.59 Å². The van der Waals surface area contributed by atoms with E-state index in [2.05, 4.69) is 0 Å². The Morgan fingerprint density at radius 1 is 1.38 bits per heavy atom. The molecule has 0 fully saturated rings. The molecule has 0 atom stereocenters. The Labute approximate surface area is 122 Å². The molecule has 108 valence electrons. The maximum atomic E-state index is 12.7. The Balaban J connectivity index is 2.01. The highest BCUT2D eigenvalue weighted by atomic mass is 16.5. The molecule has 1 aromatic heterocycles. The van der Waals surface area contributed by atoms with Crippen LogP contribution in [-0.2, 0) is 18.3 Å². The van der Waals surface area contributed by atoms with Crippen LogP contribution >= 0.6 is 0 Å². The van der Waals surface area contributed by atoms with Gasteiger partial charge in [0.15, 0.2) is 5.75 Å². The molecular formula is C16H15NO4. The number of hydrogen-bond acceptors (Lipinski definition) is 4. The second-order valence-corrected chi connectivity index (χ2v) is 4.81. The number of fused-ring (bicyclic) bond motifs is 1. The molecule has 0 saturated carbocycles. The van der Waals surface area contributed by atoms with Crippen LogP contribution in [0, 0.1) is 0 Å². The summed E-state index contributed by atoms with van der Waals surface area (Å²) in [5.41, 5.74) is 1.72. The second-order valence-electron chi connectivity index (χ2n) is 4.81. The largest absolute Gasteiger partial charge is 0.493 e. The number of ether oxygens (including phenoxy) is 2. The molecule has 0 amide bonds. The van der Waals surface area contributed by atoms with Gasteiger partial charge in [0.05, 0.1) is 30.0 Å². The highest BCUT2D eigenvalue weighted by molar-refractivity contribution is 6.10. The number of carbonyl (C=O) groups is 2. The van der Waals surface area contributed by atoms with Crippen LogP contribution in [0.1, 0.15) is 28.7 Å². The van der Waals surface area contributed by atoms with Crippen molar-refractivity contribution in [1.29, 1.82) is 0 Å². The van der Waals surface area contributed by atoms with Gasteiger partial charge in [-0.2, -0.15) is 0 Å². The van der Waals surface area contributed by atoms with E-state index in [0.717, 1.165) is 5.69 Å². The smallest absolute Gasteiger partial charge is 0.317 e. The van der Waals surface area contributed by atoms with E-state index in [0.29, 0.717) is 29.4 Å². The van der Waals surface area contributed by atoms with Gasteiger partial charge in [0.1, 0.15) is 5.75 Å². The zero-order valence-electron chi connectivity index (χ0n) is 11.9. The monoisotopic (exact) mass is 285 g/mol. The van der Waals surface area contributed by atoms with E-state index in [1.54, 1.807) is 35.9 Å². The molecule has 3 rings (SSSR count). The molecular weight excluding hydrogens is 270 g/mol. The lowest BCUT2D eigenvalue weighted by molar-refractivity contribution is -0.131. The van der Waals surface area contributed by atoms with Gasteiger partial charge in [0.25, 0.3) is 0 Å². The SMILES string of the molecule is CCOc1ccccc1C(=O)c1cc2c(n1C)CC(=O)O2. The molecule has 0 N–H and O–H groups in total. The predicted molar refractivity (Wildman–Crippen MR) is 75.8 cm³/mol. The van der Waals surface area contributed by atoms with E-state index in [1.165, 1.54) is 0 Å². The summed E-state index contributed by atoms with van der Waals surface area (Å²) >= 11 is 0. The maximum absolute atomic E-state index is 12.7. The number of rotatable bonds is 4. The molecule has 0 unspecified atom stereocenters. The summed E-state index contributed by atoms with van der Waals surface area (Å²) in [4.78, 5) is 24.0. The van der Waals surface area contributed by atoms with Crippen LogP contribution in [-0.4, -0.2) is 22.9 Å². The first kappa shape index (κ1) is 13.4. The number of aromatic nitrogens is 1. The molecule has 0 aliphatic carbocycles. The van der Waals surface area contributed by atoms with Crippen LogP contribution in [0.4, 0.5) is 0 Å². The molecule has 0 bridgehead atoms. The minimum atomic E-state index is -0.288. The minimum absolute atomic E-state index is 0.146. The lowest BCUT2D eigenvalue weighted by Gasteiger charge is -2.10. The third kappa shape index (κ3) is 2.20. The van der Waals surface area contributed by atoms with E-state index in [1.807, 2.05) is 13.0 Å². The number of esters is 1. The van der Waals surface area contributed by atoms with Crippen molar-refractivity contribution in [3.05, 3.63) is 47.3 Å². The second kappa shape index (κ2) is 5.09. The van der Waals surface area contributed by atoms with Crippen molar-refractivity contribution in [3.63, 3.8) is 0 Å². The van der Waals surface area contributed by atoms with Crippen molar-refractivity contribution in [2.75, 3.05) is 6.61 Å². The van der Waals surface area contributed by atoms with Gasteiger partial charge in [-0.15, -0.1) is 0 Å². The van der Waals surface area contributed by atoms with E-state index in [4.69, 9.17) is 9.47 Å². The van der Waals surface area contributed by atoms with Crippen molar-refractivity contribution >= 4 is 11.8 Å². The molecule has 5 nitrogen and oxygen atoms in total. The fraction of sp³-hybridized carbons (Fsp3) is 0.250. The van der Waals surface area contributed by atoms with Crippen LogP contribution < -0.4 is 9.47 Å². The first-order chi connectivity index (χ1) is 10.1. The summed E-state index contributed by atoms with van der Waals surface area (Å²) in [5, 5.41) is 0.